The van der Waals surface area contributed by atoms with Gasteiger partial charge in [0, 0.05) is 23.5 Å². The molecule has 0 saturated heterocycles. The third kappa shape index (κ3) is 4.12. The predicted octanol–water partition coefficient (Wildman–Crippen LogP) is 4.00. The number of amides is 2. The summed E-state index contributed by atoms with van der Waals surface area (Å²) < 4.78 is 1.48. The van der Waals surface area contributed by atoms with E-state index in [2.05, 4.69) is 15.6 Å². The van der Waals surface area contributed by atoms with Gasteiger partial charge in [-0.15, -0.1) is 5.10 Å². The van der Waals surface area contributed by atoms with Gasteiger partial charge >= 0.3 is 0 Å². The highest BCUT2D eigenvalue weighted by molar-refractivity contribution is 5.99. The third-order valence-electron chi connectivity index (χ3n) is 7.25. The predicted molar refractivity (Wildman–Crippen MR) is 136 cm³/mol. The molecule has 1 fully saturated rings. The van der Waals surface area contributed by atoms with Gasteiger partial charge in [0.05, 0.1) is 11.7 Å². The van der Waals surface area contributed by atoms with E-state index in [0.29, 0.717) is 30.0 Å². The number of pyridine rings is 1. The maximum absolute atomic E-state index is 14.0. The van der Waals surface area contributed by atoms with E-state index in [1.807, 2.05) is 60.7 Å². The Kier molecular flexibility index (Phi) is 5.93. The molecule has 1 saturated carbocycles. The summed E-state index contributed by atoms with van der Waals surface area (Å²) in [5.74, 6) is 0.0303. The number of benzene rings is 2. The standard InChI is InChI=1S/C28H28N6O2/c35-27(30-21-12-5-2-6-13-21)25-22-17-20-11-7-8-14-23(20)31-26(22)34-24(18-29-32-34)28(36)33(25)16-15-19-9-3-1-4-10-19/h1,3-4,7-11,14,17-18,21,25H,2,5-6,12-13,15-16H2,(H,30,35). The highest BCUT2D eigenvalue weighted by Gasteiger charge is 2.40. The Balaban J connectivity index is 1.47. The fraction of sp³-hybridized carbons (Fsp3) is 0.321. The third-order valence-corrected chi connectivity index (χ3v) is 7.25. The van der Waals surface area contributed by atoms with Crippen LogP contribution in [0.15, 0.2) is 66.9 Å². The van der Waals surface area contributed by atoms with Crippen LogP contribution in [0.4, 0.5) is 0 Å². The summed E-state index contributed by atoms with van der Waals surface area (Å²) in [7, 11) is 0. The molecule has 2 aromatic carbocycles. The Morgan fingerprint density at radius 3 is 2.61 bits per heavy atom. The molecular formula is C28H28N6O2. The van der Waals surface area contributed by atoms with Gasteiger partial charge in [0.2, 0.25) is 5.91 Å². The maximum atomic E-state index is 14.0. The Labute approximate surface area is 209 Å². The monoisotopic (exact) mass is 480 g/mol. The van der Waals surface area contributed by atoms with Crippen LogP contribution in [-0.4, -0.2) is 49.3 Å². The molecule has 0 radical (unpaired) electrons. The number of nitrogens with one attached hydrogen (secondary N) is 1. The minimum Gasteiger partial charge on any atom is -0.351 e. The molecule has 6 rings (SSSR count). The lowest BCUT2D eigenvalue weighted by molar-refractivity contribution is -0.126. The van der Waals surface area contributed by atoms with Gasteiger partial charge in [0.25, 0.3) is 5.91 Å². The smallest absolute Gasteiger partial charge is 0.275 e. The molecule has 1 aliphatic heterocycles. The van der Waals surface area contributed by atoms with Crippen LogP contribution < -0.4 is 5.32 Å². The molecule has 2 aliphatic rings. The fourth-order valence-electron chi connectivity index (χ4n) is 5.40. The Morgan fingerprint density at radius 2 is 1.78 bits per heavy atom. The molecule has 1 N–H and O–H groups in total. The van der Waals surface area contributed by atoms with Gasteiger partial charge in [-0.1, -0.05) is 73.0 Å². The van der Waals surface area contributed by atoms with E-state index in [9.17, 15) is 9.59 Å². The summed E-state index contributed by atoms with van der Waals surface area (Å²) in [5, 5.41) is 12.4. The molecule has 182 valence electrons. The van der Waals surface area contributed by atoms with Crippen LogP contribution in [0.1, 0.15) is 59.8 Å². The summed E-state index contributed by atoms with van der Waals surface area (Å²) >= 11 is 0. The molecule has 8 heteroatoms. The van der Waals surface area contributed by atoms with Crippen LogP contribution >= 0.6 is 0 Å². The number of hydrogen-bond donors (Lipinski definition) is 1. The first-order valence-electron chi connectivity index (χ1n) is 12.6. The van der Waals surface area contributed by atoms with Gasteiger partial charge in [-0.2, -0.15) is 4.68 Å². The second kappa shape index (κ2) is 9.53. The van der Waals surface area contributed by atoms with Crippen molar-refractivity contribution in [1.29, 1.82) is 0 Å². The van der Waals surface area contributed by atoms with Crippen LogP contribution in [0.3, 0.4) is 0 Å². The summed E-state index contributed by atoms with van der Waals surface area (Å²) in [6.07, 6.45) is 7.42. The zero-order valence-corrected chi connectivity index (χ0v) is 20.0. The van der Waals surface area contributed by atoms with E-state index in [0.717, 1.165) is 42.1 Å². The Morgan fingerprint density at radius 1 is 1.00 bits per heavy atom. The second-order valence-corrected chi connectivity index (χ2v) is 9.61. The van der Waals surface area contributed by atoms with E-state index in [1.54, 1.807) is 4.90 Å². The summed E-state index contributed by atoms with van der Waals surface area (Å²) in [4.78, 5) is 34.4. The molecule has 0 bridgehead atoms. The Bertz CT molecular complexity index is 1410. The first kappa shape index (κ1) is 22.4. The minimum absolute atomic E-state index is 0.121. The topological polar surface area (TPSA) is 93.0 Å². The summed E-state index contributed by atoms with van der Waals surface area (Å²) in [5.41, 5.74) is 2.84. The number of carbonyl (C=O) groups excluding carboxylic acids is 2. The molecule has 0 spiro atoms. The van der Waals surface area contributed by atoms with Crippen LogP contribution in [0.25, 0.3) is 16.7 Å². The lowest BCUT2D eigenvalue weighted by atomic mass is 9.94. The van der Waals surface area contributed by atoms with Crippen molar-refractivity contribution in [2.45, 2.75) is 50.6 Å². The molecule has 1 aliphatic carbocycles. The van der Waals surface area contributed by atoms with Gasteiger partial charge in [0.15, 0.2) is 11.5 Å². The molecule has 2 amide bonds. The van der Waals surface area contributed by atoms with Gasteiger partial charge in [-0.25, -0.2) is 4.98 Å². The number of nitrogens with zero attached hydrogens (tertiary/aromatic N) is 5. The lowest BCUT2D eigenvalue weighted by Gasteiger charge is -2.32. The molecule has 2 aromatic heterocycles. The van der Waals surface area contributed by atoms with Crippen molar-refractivity contribution in [3.05, 3.63) is 83.7 Å². The van der Waals surface area contributed by atoms with Crippen LogP contribution in [0.2, 0.25) is 0 Å². The van der Waals surface area contributed by atoms with E-state index in [1.165, 1.54) is 17.3 Å². The number of rotatable bonds is 5. The number of para-hydroxylation sites is 1. The number of aromatic nitrogens is 4. The molecule has 36 heavy (non-hydrogen) atoms. The van der Waals surface area contributed by atoms with Gasteiger partial charge < -0.3 is 10.2 Å². The lowest BCUT2D eigenvalue weighted by Crippen LogP contribution is -2.47. The number of hydrogen-bond acceptors (Lipinski definition) is 5. The van der Waals surface area contributed by atoms with E-state index < -0.39 is 6.04 Å². The van der Waals surface area contributed by atoms with Crippen molar-refractivity contribution in [3.8, 4) is 5.82 Å². The van der Waals surface area contributed by atoms with Gasteiger partial charge in [-0.05, 0) is 37.0 Å². The first-order chi connectivity index (χ1) is 17.7. The number of fused-ring (bicyclic) bond motifs is 4. The molecule has 8 nitrogen and oxygen atoms in total. The quantitative estimate of drug-likeness (QED) is 0.466. The second-order valence-electron chi connectivity index (χ2n) is 9.61. The van der Waals surface area contributed by atoms with E-state index in [-0.39, 0.29) is 17.9 Å². The van der Waals surface area contributed by atoms with E-state index >= 15 is 0 Å². The summed E-state index contributed by atoms with van der Waals surface area (Å²) in [6, 6.07) is 19.0. The average Bonchev–Trinajstić information content (AvgIpc) is 3.38. The van der Waals surface area contributed by atoms with Crippen molar-refractivity contribution in [2.24, 2.45) is 0 Å². The zero-order valence-electron chi connectivity index (χ0n) is 20.0. The van der Waals surface area contributed by atoms with Gasteiger partial charge in [-0.3, -0.25) is 9.59 Å². The summed E-state index contributed by atoms with van der Waals surface area (Å²) in [6.45, 7) is 0.378. The largest absolute Gasteiger partial charge is 0.351 e. The normalized spacial score (nSPS) is 17.9. The van der Waals surface area contributed by atoms with Crippen molar-refractivity contribution in [2.75, 3.05) is 6.54 Å². The zero-order chi connectivity index (χ0) is 24.5. The van der Waals surface area contributed by atoms with Crippen LogP contribution in [0, 0.1) is 0 Å². The first-order valence-corrected chi connectivity index (χ1v) is 12.6. The van der Waals surface area contributed by atoms with Crippen molar-refractivity contribution >= 4 is 22.7 Å². The molecule has 1 atom stereocenters. The van der Waals surface area contributed by atoms with Crippen LogP contribution in [0.5, 0.6) is 0 Å². The fourth-order valence-corrected chi connectivity index (χ4v) is 5.40. The highest BCUT2D eigenvalue weighted by Crippen LogP contribution is 2.34. The molecule has 1 unspecified atom stereocenters. The molecule has 4 aromatic rings. The van der Waals surface area contributed by atoms with E-state index in [4.69, 9.17) is 4.98 Å². The van der Waals surface area contributed by atoms with Gasteiger partial charge in [0.1, 0.15) is 6.04 Å². The maximum Gasteiger partial charge on any atom is 0.275 e. The molecule has 3 heterocycles. The van der Waals surface area contributed by atoms with Crippen LogP contribution in [-0.2, 0) is 11.2 Å². The SMILES string of the molecule is O=C(NC1CCCCC1)C1c2cc3ccccc3nc2-n2nncc2C(=O)N1CCc1ccccc1. The molecular weight excluding hydrogens is 452 g/mol. The highest BCUT2D eigenvalue weighted by atomic mass is 16.2. The number of carbonyl (C=O) groups is 2. The van der Waals surface area contributed by atoms with Crippen molar-refractivity contribution in [3.63, 3.8) is 0 Å². The van der Waals surface area contributed by atoms with Crippen molar-refractivity contribution < 1.29 is 9.59 Å². The average molecular weight is 481 g/mol. The minimum atomic E-state index is -0.822. The Hall–Kier alpha value is -4.07. The van der Waals surface area contributed by atoms with Crippen molar-refractivity contribution in [1.82, 2.24) is 30.2 Å².